The molecular formula is C14H17F3. The van der Waals surface area contributed by atoms with E-state index in [1.54, 1.807) is 18.2 Å². The van der Waals surface area contributed by atoms with Crippen LogP contribution in [0.15, 0.2) is 24.3 Å². The maximum absolute atomic E-state index is 13.0. The van der Waals surface area contributed by atoms with Crippen LogP contribution in [0, 0.1) is 5.92 Å². The van der Waals surface area contributed by atoms with E-state index in [9.17, 15) is 13.2 Å². The third-order valence-corrected chi connectivity index (χ3v) is 3.42. The highest BCUT2D eigenvalue weighted by atomic mass is 19.4. The molecule has 3 heteroatoms. The van der Waals surface area contributed by atoms with Crippen LogP contribution >= 0.6 is 0 Å². The summed E-state index contributed by atoms with van der Waals surface area (Å²) in [5.74, 6) is 0.464. The van der Waals surface area contributed by atoms with Crippen LogP contribution in [-0.4, -0.2) is 6.18 Å². The fourth-order valence-corrected chi connectivity index (χ4v) is 2.33. The summed E-state index contributed by atoms with van der Waals surface area (Å²) in [4.78, 5) is 0. The zero-order valence-electron chi connectivity index (χ0n) is 10.1. The average molecular weight is 242 g/mol. The summed E-state index contributed by atoms with van der Waals surface area (Å²) in [5, 5.41) is 0. The Bertz CT molecular complexity index is 400. The van der Waals surface area contributed by atoms with Crippen LogP contribution in [0.3, 0.4) is 0 Å². The van der Waals surface area contributed by atoms with Gasteiger partial charge in [-0.2, -0.15) is 13.2 Å². The van der Waals surface area contributed by atoms with E-state index in [0.29, 0.717) is 11.5 Å². The summed E-state index contributed by atoms with van der Waals surface area (Å²) in [7, 11) is 0. The third-order valence-electron chi connectivity index (χ3n) is 3.42. The molecule has 94 valence electrons. The molecule has 1 aliphatic rings. The summed E-state index contributed by atoms with van der Waals surface area (Å²) in [6.07, 6.45) is -2.80. The van der Waals surface area contributed by atoms with Crippen molar-refractivity contribution < 1.29 is 13.2 Å². The van der Waals surface area contributed by atoms with E-state index >= 15 is 0 Å². The molecule has 0 amide bonds. The van der Waals surface area contributed by atoms with Crippen LogP contribution in [0.5, 0.6) is 0 Å². The van der Waals surface area contributed by atoms with E-state index in [4.69, 9.17) is 0 Å². The lowest BCUT2D eigenvalue weighted by Crippen LogP contribution is -2.28. The van der Waals surface area contributed by atoms with Crippen LogP contribution in [0.2, 0.25) is 0 Å². The highest BCUT2D eigenvalue weighted by Crippen LogP contribution is 2.58. The van der Waals surface area contributed by atoms with Crippen LogP contribution in [0.1, 0.15) is 37.8 Å². The van der Waals surface area contributed by atoms with Crippen LogP contribution in [0.25, 0.3) is 0 Å². The fourth-order valence-electron chi connectivity index (χ4n) is 2.33. The average Bonchev–Trinajstić information content (AvgIpc) is 2.96. The van der Waals surface area contributed by atoms with Gasteiger partial charge in [-0.15, -0.1) is 0 Å². The van der Waals surface area contributed by atoms with Crippen molar-refractivity contribution in [2.24, 2.45) is 5.92 Å². The van der Waals surface area contributed by atoms with Gasteiger partial charge in [-0.25, -0.2) is 0 Å². The second-order valence-electron chi connectivity index (χ2n) is 5.38. The Morgan fingerprint density at radius 2 is 1.88 bits per heavy atom. The predicted molar refractivity (Wildman–Crippen MR) is 62.0 cm³/mol. The number of rotatable bonds is 3. The van der Waals surface area contributed by atoms with Gasteiger partial charge < -0.3 is 0 Å². The fraction of sp³-hybridized carbons (Fsp3) is 0.571. The predicted octanol–water partition coefficient (Wildman–Crippen LogP) is 4.48. The first-order valence-corrected chi connectivity index (χ1v) is 6.01. The third kappa shape index (κ3) is 2.33. The van der Waals surface area contributed by atoms with Crippen molar-refractivity contribution in [2.75, 3.05) is 0 Å². The van der Waals surface area contributed by atoms with Gasteiger partial charge in [0.1, 0.15) is 0 Å². The minimum Gasteiger partial charge on any atom is -0.170 e. The van der Waals surface area contributed by atoms with Gasteiger partial charge >= 0.3 is 6.18 Å². The monoisotopic (exact) mass is 242 g/mol. The Morgan fingerprint density at radius 3 is 2.35 bits per heavy atom. The zero-order valence-corrected chi connectivity index (χ0v) is 10.1. The molecule has 2 rings (SSSR count). The van der Waals surface area contributed by atoms with Crippen molar-refractivity contribution in [1.29, 1.82) is 0 Å². The molecule has 0 bridgehead atoms. The van der Waals surface area contributed by atoms with Crippen molar-refractivity contribution in [3.63, 3.8) is 0 Å². The van der Waals surface area contributed by atoms with Crippen molar-refractivity contribution in [2.45, 2.75) is 44.7 Å². The Labute approximate surface area is 99.8 Å². The first-order valence-electron chi connectivity index (χ1n) is 6.01. The summed E-state index contributed by atoms with van der Waals surface area (Å²) >= 11 is 0. The summed E-state index contributed by atoms with van der Waals surface area (Å²) in [6, 6.07) is 7.01. The van der Waals surface area contributed by atoms with E-state index in [2.05, 4.69) is 13.8 Å². The molecule has 0 unspecified atom stereocenters. The minimum atomic E-state index is -4.11. The SMILES string of the molecule is CC(C)Cc1cccc(C2(C(F)(F)F)CC2)c1. The maximum Gasteiger partial charge on any atom is 0.398 e. The standard InChI is InChI=1S/C14H17F3/c1-10(2)8-11-4-3-5-12(9-11)13(6-7-13)14(15,16)17/h3-5,9-10H,6-8H2,1-2H3. The van der Waals surface area contributed by atoms with Gasteiger partial charge in [-0.1, -0.05) is 38.1 Å². The van der Waals surface area contributed by atoms with Crippen LogP contribution in [-0.2, 0) is 11.8 Å². The zero-order chi connectivity index (χ0) is 12.7. The highest BCUT2D eigenvalue weighted by Gasteiger charge is 2.64. The Morgan fingerprint density at radius 1 is 1.24 bits per heavy atom. The number of halogens is 3. The van der Waals surface area contributed by atoms with Gasteiger partial charge in [0.05, 0.1) is 5.41 Å². The first-order chi connectivity index (χ1) is 7.85. The lowest BCUT2D eigenvalue weighted by atomic mass is 9.92. The molecule has 0 spiro atoms. The molecule has 1 saturated carbocycles. The molecule has 0 atom stereocenters. The van der Waals surface area contributed by atoms with E-state index < -0.39 is 11.6 Å². The molecule has 0 aromatic heterocycles. The van der Waals surface area contributed by atoms with E-state index in [-0.39, 0.29) is 12.8 Å². The molecule has 1 fully saturated rings. The summed E-state index contributed by atoms with van der Waals surface area (Å²) in [6.45, 7) is 4.15. The molecule has 1 aliphatic carbocycles. The second-order valence-corrected chi connectivity index (χ2v) is 5.38. The van der Waals surface area contributed by atoms with Gasteiger partial charge in [0, 0.05) is 0 Å². The molecule has 0 radical (unpaired) electrons. The maximum atomic E-state index is 13.0. The molecule has 0 N–H and O–H groups in total. The number of alkyl halides is 3. The lowest BCUT2D eigenvalue weighted by Gasteiger charge is -2.20. The van der Waals surface area contributed by atoms with Gasteiger partial charge in [-0.05, 0) is 36.3 Å². The number of benzene rings is 1. The second kappa shape index (κ2) is 4.04. The van der Waals surface area contributed by atoms with Crippen molar-refractivity contribution in [1.82, 2.24) is 0 Å². The lowest BCUT2D eigenvalue weighted by molar-refractivity contribution is -0.160. The van der Waals surface area contributed by atoms with Crippen LogP contribution < -0.4 is 0 Å². The van der Waals surface area contributed by atoms with Crippen molar-refractivity contribution in [3.8, 4) is 0 Å². The number of hydrogen-bond donors (Lipinski definition) is 0. The molecule has 1 aromatic rings. The number of hydrogen-bond acceptors (Lipinski definition) is 0. The molecule has 0 nitrogen and oxygen atoms in total. The highest BCUT2D eigenvalue weighted by molar-refractivity contribution is 5.36. The Hall–Kier alpha value is -0.990. The van der Waals surface area contributed by atoms with E-state index in [0.717, 1.165) is 12.0 Å². The normalized spacial score (nSPS) is 18.5. The van der Waals surface area contributed by atoms with Gasteiger partial charge in [0.25, 0.3) is 0 Å². The summed E-state index contributed by atoms with van der Waals surface area (Å²) < 4.78 is 38.9. The van der Waals surface area contributed by atoms with Gasteiger partial charge in [0.2, 0.25) is 0 Å². The quantitative estimate of drug-likeness (QED) is 0.733. The van der Waals surface area contributed by atoms with Gasteiger partial charge in [-0.3, -0.25) is 0 Å². The first kappa shape index (κ1) is 12.5. The van der Waals surface area contributed by atoms with E-state index in [1.807, 2.05) is 6.07 Å². The summed E-state index contributed by atoms with van der Waals surface area (Å²) in [5.41, 5.74) is -0.0869. The molecule has 1 aromatic carbocycles. The Kier molecular flexibility index (Phi) is 2.96. The molecule has 0 heterocycles. The van der Waals surface area contributed by atoms with Crippen molar-refractivity contribution in [3.05, 3.63) is 35.4 Å². The minimum absolute atomic E-state index is 0.238. The molecule has 0 saturated heterocycles. The largest absolute Gasteiger partial charge is 0.398 e. The van der Waals surface area contributed by atoms with E-state index in [1.165, 1.54) is 0 Å². The van der Waals surface area contributed by atoms with Crippen molar-refractivity contribution >= 4 is 0 Å². The topological polar surface area (TPSA) is 0 Å². The molecule has 0 aliphatic heterocycles. The molecule has 17 heavy (non-hydrogen) atoms. The Balaban J connectivity index is 2.28. The van der Waals surface area contributed by atoms with Gasteiger partial charge in [0.15, 0.2) is 0 Å². The smallest absolute Gasteiger partial charge is 0.170 e. The van der Waals surface area contributed by atoms with Crippen LogP contribution in [0.4, 0.5) is 13.2 Å². The molecular weight excluding hydrogens is 225 g/mol.